The Morgan fingerprint density at radius 1 is 1.47 bits per heavy atom. The lowest BCUT2D eigenvalue weighted by atomic mass is 9.90. The highest BCUT2D eigenvalue weighted by atomic mass is 16.4. The number of aromatic nitrogens is 1. The van der Waals surface area contributed by atoms with Gasteiger partial charge in [-0.15, -0.1) is 0 Å². The van der Waals surface area contributed by atoms with E-state index in [0.717, 1.165) is 18.8 Å². The molecule has 1 aromatic rings. The topological polar surface area (TPSA) is 56.3 Å². The molecule has 0 aliphatic carbocycles. The van der Waals surface area contributed by atoms with E-state index >= 15 is 0 Å². The van der Waals surface area contributed by atoms with Crippen LogP contribution in [0.3, 0.4) is 0 Å². The molecule has 1 aliphatic heterocycles. The van der Waals surface area contributed by atoms with Crippen LogP contribution in [0.25, 0.3) is 0 Å². The van der Waals surface area contributed by atoms with Crippen molar-refractivity contribution in [3.05, 3.63) is 24.0 Å². The Morgan fingerprint density at radius 2 is 2.12 bits per heavy atom. The van der Waals surface area contributed by atoms with Crippen LogP contribution in [0.4, 0.5) is 0 Å². The minimum atomic E-state index is -0.770. The van der Waals surface area contributed by atoms with E-state index in [4.69, 9.17) is 0 Å². The van der Waals surface area contributed by atoms with Gasteiger partial charge in [0.1, 0.15) is 6.04 Å². The summed E-state index contributed by atoms with van der Waals surface area (Å²) in [7, 11) is 0. The summed E-state index contributed by atoms with van der Waals surface area (Å²) in [6, 6.07) is 3.17. The first kappa shape index (κ1) is 12.2. The van der Waals surface area contributed by atoms with E-state index in [1.165, 1.54) is 6.42 Å². The van der Waals surface area contributed by atoms with Crippen molar-refractivity contribution in [1.82, 2.24) is 9.88 Å². The number of nitrogens with zero attached hydrogens (tertiary/aromatic N) is 1. The fourth-order valence-corrected chi connectivity index (χ4v) is 2.92. The number of H-pyrrole nitrogens is 1. The van der Waals surface area contributed by atoms with Crippen molar-refractivity contribution in [2.75, 3.05) is 13.1 Å². The number of carboxylic acid groups (broad SMARTS) is 1. The van der Waals surface area contributed by atoms with Gasteiger partial charge in [0.25, 0.3) is 0 Å². The third-order valence-corrected chi connectivity index (χ3v) is 3.41. The summed E-state index contributed by atoms with van der Waals surface area (Å²) in [5.74, 6) is 0.361. The third-order valence-electron chi connectivity index (χ3n) is 3.41. The molecule has 4 heteroatoms. The van der Waals surface area contributed by atoms with Crippen LogP contribution < -0.4 is 0 Å². The van der Waals surface area contributed by atoms with Gasteiger partial charge in [0.2, 0.25) is 0 Å². The first-order valence-electron chi connectivity index (χ1n) is 6.18. The number of hydrogen-bond acceptors (Lipinski definition) is 2. The Kier molecular flexibility index (Phi) is 3.52. The summed E-state index contributed by atoms with van der Waals surface area (Å²) in [5, 5.41) is 9.41. The van der Waals surface area contributed by atoms with Crippen LogP contribution in [0.15, 0.2) is 18.3 Å². The summed E-state index contributed by atoms with van der Waals surface area (Å²) in [5.41, 5.74) is 0.777. The average molecular weight is 236 g/mol. The molecular formula is C13H20N2O2. The monoisotopic (exact) mass is 236 g/mol. The fourth-order valence-electron chi connectivity index (χ4n) is 2.92. The van der Waals surface area contributed by atoms with Crippen LogP contribution in [0.2, 0.25) is 0 Å². The molecule has 0 radical (unpaired) electrons. The molecule has 17 heavy (non-hydrogen) atoms. The number of piperidine rings is 1. The molecule has 3 atom stereocenters. The van der Waals surface area contributed by atoms with Crippen molar-refractivity contribution in [3.8, 4) is 0 Å². The number of carboxylic acids is 1. The van der Waals surface area contributed by atoms with Gasteiger partial charge in [-0.25, -0.2) is 0 Å². The first-order chi connectivity index (χ1) is 8.08. The molecule has 2 heterocycles. The van der Waals surface area contributed by atoms with Crippen molar-refractivity contribution >= 4 is 5.97 Å². The molecule has 3 unspecified atom stereocenters. The number of aliphatic carboxylic acids is 1. The number of nitrogens with one attached hydrogen (secondary N) is 1. The van der Waals surface area contributed by atoms with Crippen LogP contribution in [0.5, 0.6) is 0 Å². The zero-order valence-corrected chi connectivity index (χ0v) is 10.4. The predicted molar refractivity (Wildman–Crippen MR) is 65.7 cm³/mol. The van der Waals surface area contributed by atoms with E-state index < -0.39 is 12.0 Å². The van der Waals surface area contributed by atoms with Gasteiger partial charge in [-0.3, -0.25) is 9.69 Å². The Hall–Kier alpha value is -1.29. The highest BCUT2D eigenvalue weighted by Gasteiger charge is 2.33. The minimum Gasteiger partial charge on any atom is -0.480 e. The van der Waals surface area contributed by atoms with E-state index in [-0.39, 0.29) is 0 Å². The Labute approximate surface area is 102 Å². The molecule has 0 aromatic carbocycles. The molecule has 1 aromatic heterocycles. The molecule has 0 saturated carbocycles. The number of rotatable bonds is 3. The number of hydrogen-bond donors (Lipinski definition) is 2. The van der Waals surface area contributed by atoms with Gasteiger partial charge in [-0.05, 0) is 30.4 Å². The van der Waals surface area contributed by atoms with E-state index in [1.54, 1.807) is 6.20 Å². The van der Waals surface area contributed by atoms with E-state index in [1.807, 2.05) is 12.1 Å². The molecule has 1 aliphatic rings. The molecule has 0 bridgehead atoms. The van der Waals surface area contributed by atoms with Crippen LogP contribution >= 0.6 is 0 Å². The highest BCUT2D eigenvalue weighted by molar-refractivity contribution is 5.75. The standard InChI is InChI=1S/C13H20N2O2/c1-9-6-10(2)8-15(7-9)12(13(16)17)11-4-3-5-14-11/h3-5,9-10,12,14H,6-8H2,1-2H3,(H,16,17). The van der Waals surface area contributed by atoms with Gasteiger partial charge < -0.3 is 10.1 Å². The lowest BCUT2D eigenvalue weighted by molar-refractivity contribution is -0.145. The fraction of sp³-hybridized carbons (Fsp3) is 0.615. The quantitative estimate of drug-likeness (QED) is 0.845. The number of aromatic amines is 1. The molecule has 1 fully saturated rings. The number of carbonyl (C=O) groups is 1. The molecule has 2 rings (SSSR count). The highest BCUT2D eigenvalue weighted by Crippen LogP contribution is 2.28. The van der Waals surface area contributed by atoms with Crippen LogP contribution in [0.1, 0.15) is 32.0 Å². The second-order valence-corrected chi connectivity index (χ2v) is 5.27. The average Bonchev–Trinajstić information content (AvgIpc) is 2.68. The summed E-state index contributed by atoms with van der Waals surface area (Å²) >= 11 is 0. The normalized spacial score (nSPS) is 27.9. The molecular weight excluding hydrogens is 216 g/mol. The molecule has 4 nitrogen and oxygen atoms in total. The Morgan fingerprint density at radius 3 is 2.59 bits per heavy atom. The zero-order chi connectivity index (χ0) is 12.4. The van der Waals surface area contributed by atoms with Crippen molar-refractivity contribution in [3.63, 3.8) is 0 Å². The van der Waals surface area contributed by atoms with E-state index in [9.17, 15) is 9.90 Å². The predicted octanol–water partition coefficient (Wildman–Crippen LogP) is 2.12. The molecule has 2 N–H and O–H groups in total. The summed E-state index contributed by atoms with van der Waals surface area (Å²) in [6.45, 7) is 6.10. The van der Waals surface area contributed by atoms with Crippen molar-refractivity contribution in [1.29, 1.82) is 0 Å². The summed E-state index contributed by atoms with van der Waals surface area (Å²) < 4.78 is 0. The smallest absolute Gasteiger partial charge is 0.327 e. The summed E-state index contributed by atoms with van der Waals surface area (Å²) in [4.78, 5) is 16.5. The Balaban J connectivity index is 2.19. The second kappa shape index (κ2) is 4.92. The molecule has 1 saturated heterocycles. The van der Waals surface area contributed by atoms with Crippen molar-refractivity contribution < 1.29 is 9.90 Å². The number of likely N-dealkylation sites (tertiary alicyclic amines) is 1. The van der Waals surface area contributed by atoms with Gasteiger partial charge in [0, 0.05) is 25.0 Å². The lowest BCUT2D eigenvalue weighted by Crippen LogP contribution is -2.43. The van der Waals surface area contributed by atoms with Gasteiger partial charge in [-0.2, -0.15) is 0 Å². The maximum Gasteiger partial charge on any atom is 0.327 e. The zero-order valence-electron chi connectivity index (χ0n) is 10.4. The molecule has 94 valence electrons. The van der Waals surface area contributed by atoms with Crippen LogP contribution in [-0.2, 0) is 4.79 Å². The first-order valence-corrected chi connectivity index (χ1v) is 6.18. The third kappa shape index (κ3) is 2.69. The van der Waals surface area contributed by atoms with Gasteiger partial charge >= 0.3 is 5.97 Å². The Bertz CT molecular complexity index is 365. The molecule has 0 spiro atoms. The molecule has 0 amide bonds. The van der Waals surface area contributed by atoms with Crippen molar-refractivity contribution in [2.45, 2.75) is 26.3 Å². The van der Waals surface area contributed by atoms with Gasteiger partial charge in [-0.1, -0.05) is 13.8 Å². The van der Waals surface area contributed by atoms with E-state index in [0.29, 0.717) is 11.8 Å². The SMILES string of the molecule is CC1CC(C)CN(C(C(=O)O)c2ccc[nH]2)C1. The van der Waals surface area contributed by atoms with E-state index in [2.05, 4.69) is 23.7 Å². The summed E-state index contributed by atoms with van der Waals surface area (Å²) in [6.07, 6.45) is 2.97. The van der Waals surface area contributed by atoms with Gasteiger partial charge in [0.05, 0.1) is 0 Å². The second-order valence-electron chi connectivity index (χ2n) is 5.27. The maximum atomic E-state index is 11.4. The van der Waals surface area contributed by atoms with Gasteiger partial charge in [0.15, 0.2) is 0 Å². The van der Waals surface area contributed by atoms with Crippen LogP contribution in [-0.4, -0.2) is 34.0 Å². The lowest BCUT2D eigenvalue weighted by Gasteiger charge is -2.38. The maximum absolute atomic E-state index is 11.4. The largest absolute Gasteiger partial charge is 0.480 e. The van der Waals surface area contributed by atoms with Crippen LogP contribution in [0, 0.1) is 11.8 Å². The minimum absolute atomic E-state index is 0.532. The van der Waals surface area contributed by atoms with Crippen molar-refractivity contribution in [2.24, 2.45) is 11.8 Å².